The van der Waals surface area contributed by atoms with Crippen LogP contribution in [0.15, 0.2) is 36.5 Å². The van der Waals surface area contributed by atoms with Gasteiger partial charge >= 0.3 is 0 Å². The molecule has 1 aliphatic rings. The maximum Gasteiger partial charge on any atom is 0.0746 e. The van der Waals surface area contributed by atoms with Crippen LogP contribution in [0.25, 0.3) is 10.9 Å². The summed E-state index contributed by atoms with van der Waals surface area (Å²) in [6.45, 7) is 2.02. The summed E-state index contributed by atoms with van der Waals surface area (Å²) in [7, 11) is 0. The number of hydrogen-bond acceptors (Lipinski definition) is 3. The second-order valence-corrected chi connectivity index (χ2v) is 7.32. The lowest BCUT2D eigenvalue weighted by Crippen LogP contribution is -2.39. The highest BCUT2D eigenvalue weighted by molar-refractivity contribution is 8.00. The van der Waals surface area contributed by atoms with Crippen molar-refractivity contribution >= 4 is 22.7 Å². The van der Waals surface area contributed by atoms with Crippen LogP contribution in [0.2, 0.25) is 0 Å². The predicted octanol–water partition coefficient (Wildman–Crippen LogP) is 4.39. The van der Waals surface area contributed by atoms with Crippen molar-refractivity contribution in [1.82, 2.24) is 10.3 Å². The number of nitrogens with zero attached hydrogens (tertiary/aromatic N) is 1. The first-order valence-corrected chi connectivity index (χ1v) is 9.14. The van der Waals surface area contributed by atoms with Crippen LogP contribution in [0.5, 0.6) is 0 Å². The van der Waals surface area contributed by atoms with Gasteiger partial charge in [-0.05, 0) is 30.7 Å². The molecule has 0 saturated heterocycles. The van der Waals surface area contributed by atoms with Gasteiger partial charge in [0.1, 0.15) is 0 Å². The Kier molecular flexibility index (Phi) is 4.81. The summed E-state index contributed by atoms with van der Waals surface area (Å²) >= 11 is 2.05. The fourth-order valence-electron chi connectivity index (χ4n) is 3.38. The van der Waals surface area contributed by atoms with E-state index in [1.165, 1.54) is 43.1 Å². The molecule has 112 valence electrons. The summed E-state index contributed by atoms with van der Waals surface area (Å²) < 4.78 is 0.455. The number of pyridine rings is 1. The van der Waals surface area contributed by atoms with Crippen LogP contribution in [-0.2, 0) is 6.54 Å². The minimum atomic E-state index is 0.455. The van der Waals surface area contributed by atoms with Gasteiger partial charge in [0, 0.05) is 29.4 Å². The van der Waals surface area contributed by atoms with Gasteiger partial charge in [-0.15, -0.1) is 0 Å². The first-order chi connectivity index (χ1) is 10.3. The molecular formula is C18H24N2S. The average molecular weight is 300 g/mol. The summed E-state index contributed by atoms with van der Waals surface area (Å²) in [5.74, 6) is 0. The first-order valence-electron chi connectivity index (χ1n) is 7.91. The third-order valence-corrected chi connectivity index (χ3v) is 6.10. The Labute approximate surface area is 131 Å². The number of rotatable bonds is 5. The summed E-state index contributed by atoms with van der Waals surface area (Å²) in [6, 6.07) is 10.6. The quantitative estimate of drug-likeness (QED) is 0.886. The molecule has 3 heteroatoms. The van der Waals surface area contributed by atoms with Crippen LogP contribution in [0.4, 0.5) is 0 Å². The number of nitrogens with one attached hydrogen (secondary N) is 1. The molecule has 1 aromatic carbocycles. The number of para-hydroxylation sites is 1. The molecule has 0 unspecified atom stereocenters. The lowest BCUT2D eigenvalue weighted by Gasteiger charge is -2.36. The highest BCUT2D eigenvalue weighted by Gasteiger charge is 2.30. The standard InChI is InChI=1S/C18H24N2S/c1-21-18(10-3-2-4-11-18)14-19-13-16-8-5-7-15-9-6-12-20-17(15)16/h5-9,12,19H,2-4,10-11,13-14H2,1H3. The van der Waals surface area contributed by atoms with E-state index in [2.05, 4.69) is 52.6 Å². The van der Waals surface area contributed by atoms with Crippen molar-refractivity contribution in [1.29, 1.82) is 0 Å². The molecule has 1 aromatic heterocycles. The monoisotopic (exact) mass is 300 g/mol. The van der Waals surface area contributed by atoms with Gasteiger partial charge in [0.15, 0.2) is 0 Å². The van der Waals surface area contributed by atoms with Crippen molar-refractivity contribution in [3.63, 3.8) is 0 Å². The van der Waals surface area contributed by atoms with E-state index in [1.807, 2.05) is 12.3 Å². The minimum absolute atomic E-state index is 0.455. The molecule has 0 radical (unpaired) electrons. The molecule has 2 aromatic rings. The van der Waals surface area contributed by atoms with E-state index >= 15 is 0 Å². The van der Waals surface area contributed by atoms with Crippen LogP contribution in [0.1, 0.15) is 37.7 Å². The molecule has 0 spiro atoms. The third-order valence-electron chi connectivity index (χ3n) is 4.68. The zero-order valence-corrected chi connectivity index (χ0v) is 13.6. The van der Waals surface area contributed by atoms with E-state index in [1.54, 1.807) is 0 Å². The molecule has 1 fully saturated rings. The van der Waals surface area contributed by atoms with E-state index in [9.17, 15) is 0 Å². The largest absolute Gasteiger partial charge is 0.311 e. The van der Waals surface area contributed by atoms with Gasteiger partial charge in [0.05, 0.1) is 5.52 Å². The molecule has 21 heavy (non-hydrogen) atoms. The van der Waals surface area contributed by atoms with Crippen LogP contribution < -0.4 is 5.32 Å². The molecule has 0 aliphatic heterocycles. The predicted molar refractivity (Wildman–Crippen MR) is 92.8 cm³/mol. The van der Waals surface area contributed by atoms with Gasteiger partial charge in [0.25, 0.3) is 0 Å². The summed E-state index contributed by atoms with van der Waals surface area (Å²) in [6.07, 6.45) is 11.1. The van der Waals surface area contributed by atoms with Gasteiger partial charge in [0.2, 0.25) is 0 Å². The van der Waals surface area contributed by atoms with Crippen molar-refractivity contribution in [3.8, 4) is 0 Å². The maximum absolute atomic E-state index is 4.54. The molecule has 1 heterocycles. The smallest absolute Gasteiger partial charge is 0.0746 e. The normalized spacial score (nSPS) is 18.0. The van der Waals surface area contributed by atoms with Gasteiger partial charge in [-0.1, -0.05) is 43.5 Å². The van der Waals surface area contributed by atoms with Gasteiger partial charge < -0.3 is 5.32 Å². The lowest BCUT2D eigenvalue weighted by molar-refractivity contribution is 0.379. The Morgan fingerprint density at radius 2 is 1.95 bits per heavy atom. The number of aromatic nitrogens is 1. The highest BCUT2D eigenvalue weighted by Crippen LogP contribution is 2.38. The van der Waals surface area contributed by atoms with Gasteiger partial charge in [-0.25, -0.2) is 0 Å². The van der Waals surface area contributed by atoms with Crippen molar-refractivity contribution in [2.45, 2.75) is 43.4 Å². The first kappa shape index (κ1) is 14.9. The molecule has 0 amide bonds. The minimum Gasteiger partial charge on any atom is -0.311 e. The van der Waals surface area contributed by atoms with E-state index < -0.39 is 0 Å². The second kappa shape index (κ2) is 6.80. The van der Waals surface area contributed by atoms with Crippen LogP contribution >= 0.6 is 11.8 Å². The van der Waals surface area contributed by atoms with E-state index in [-0.39, 0.29) is 0 Å². The average Bonchev–Trinajstić information content (AvgIpc) is 2.56. The molecule has 1 N–H and O–H groups in total. The maximum atomic E-state index is 4.54. The molecule has 2 nitrogen and oxygen atoms in total. The van der Waals surface area contributed by atoms with Crippen molar-refractivity contribution < 1.29 is 0 Å². The van der Waals surface area contributed by atoms with Crippen LogP contribution in [-0.4, -0.2) is 22.5 Å². The van der Waals surface area contributed by atoms with Crippen LogP contribution in [0, 0.1) is 0 Å². The third kappa shape index (κ3) is 3.41. The molecular weight excluding hydrogens is 276 g/mol. The Balaban J connectivity index is 1.66. The number of hydrogen-bond donors (Lipinski definition) is 1. The summed E-state index contributed by atoms with van der Waals surface area (Å²) in [5, 5.41) is 4.93. The molecule has 3 rings (SSSR count). The van der Waals surface area contributed by atoms with E-state index in [0.717, 1.165) is 18.6 Å². The van der Waals surface area contributed by atoms with Gasteiger partial charge in [-0.3, -0.25) is 4.98 Å². The Bertz CT molecular complexity index is 585. The second-order valence-electron chi connectivity index (χ2n) is 6.04. The highest BCUT2D eigenvalue weighted by atomic mass is 32.2. The van der Waals surface area contributed by atoms with Crippen molar-refractivity contribution in [3.05, 3.63) is 42.1 Å². The Morgan fingerprint density at radius 1 is 1.14 bits per heavy atom. The van der Waals surface area contributed by atoms with E-state index in [0.29, 0.717) is 4.75 Å². The molecule has 1 saturated carbocycles. The van der Waals surface area contributed by atoms with Crippen LogP contribution in [0.3, 0.4) is 0 Å². The topological polar surface area (TPSA) is 24.9 Å². The Hall–Kier alpha value is -1.06. The number of fused-ring (bicyclic) bond motifs is 1. The Morgan fingerprint density at radius 3 is 2.76 bits per heavy atom. The number of thioether (sulfide) groups is 1. The molecule has 0 bridgehead atoms. The molecule has 0 atom stereocenters. The SMILES string of the molecule is CSC1(CNCc2cccc3cccnc23)CCCCC1. The fourth-order valence-corrected chi connectivity index (χ4v) is 4.33. The number of benzene rings is 1. The van der Waals surface area contributed by atoms with Crippen molar-refractivity contribution in [2.75, 3.05) is 12.8 Å². The zero-order chi connectivity index (χ0) is 14.5. The van der Waals surface area contributed by atoms with E-state index in [4.69, 9.17) is 0 Å². The summed E-state index contributed by atoms with van der Waals surface area (Å²) in [5.41, 5.74) is 2.44. The molecule has 1 aliphatic carbocycles. The summed E-state index contributed by atoms with van der Waals surface area (Å²) in [4.78, 5) is 4.54. The zero-order valence-electron chi connectivity index (χ0n) is 12.8. The van der Waals surface area contributed by atoms with Crippen molar-refractivity contribution in [2.24, 2.45) is 0 Å². The van der Waals surface area contributed by atoms with Gasteiger partial charge in [-0.2, -0.15) is 11.8 Å². The fraction of sp³-hybridized carbons (Fsp3) is 0.500. The lowest BCUT2D eigenvalue weighted by atomic mass is 9.88.